The van der Waals surface area contributed by atoms with Gasteiger partial charge in [0, 0.05) is 6.04 Å². The summed E-state index contributed by atoms with van der Waals surface area (Å²) in [5.74, 6) is 2.28. The van der Waals surface area contributed by atoms with Crippen molar-refractivity contribution in [2.75, 3.05) is 6.54 Å². The minimum Gasteiger partial charge on any atom is -0.295 e. The number of rotatable bonds is 3. The second-order valence-electron chi connectivity index (χ2n) is 4.38. The molecule has 86 valence electrons. The van der Waals surface area contributed by atoms with E-state index in [2.05, 4.69) is 11.2 Å². The number of amides is 2. The number of terminal acetylenes is 1. The molecule has 1 aliphatic carbocycles. The van der Waals surface area contributed by atoms with Crippen LogP contribution in [0.25, 0.3) is 0 Å². The summed E-state index contributed by atoms with van der Waals surface area (Å²) in [7, 11) is 0. The van der Waals surface area contributed by atoms with Crippen molar-refractivity contribution in [1.82, 2.24) is 10.2 Å². The molecular formula is C12H16N2O2. The van der Waals surface area contributed by atoms with Crippen LogP contribution < -0.4 is 5.32 Å². The Labute approximate surface area is 95.4 Å². The van der Waals surface area contributed by atoms with E-state index in [-0.39, 0.29) is 24.3 Å². The number of hydrogen-bond donors (Lipinski definition) is 1. The maximum absolute atomic E-state index is 12.0. The summed E-state index contributed by atoms with van der Waals surface area (Å²) in [6.45, 7) is 0.336. The number of nitrogens with zero attached hydrogens (tertiary/aromatic N) is 1. The second kappa shape index (κ2) is 4.67. The van der Waals surface area contributed by atoms with Gasteiger partial charge in [-0.05, 0) is 12.8 Å². The Balaban J connectivity index is 2.01. The van der Waals surface area contributed by atoms with Crippen LogP contribution >= 0.6 is 0 Å². The minimum atomic E-state index is -0.399. The van der Waals surface area contributed by atoms with E-state index in [0.29, 0.717) is 6.54 Å². The summed E-state index contributed by atoms with van der Waals surface area (Å²) >= 11 is 0. The Morgan fingerprint density at radius 1 is 1.38 bits per heavy atom. The van der Waals surface area contributed by atoms with Gasteiger partial charge in [0.25, 0.3) is 0 Å². The average Bonchev–Trinajstić information content (AvgIpc) is 2.85. The van der Waals surface area contributed by atoms with Gasteiger partial charge >= 0.3 is 0 Å². The number of nitrogens with one attached hydrogen (secondary N) is 1. The lowest BCUT2D eigenvalue weighted by molar-refractivity contribution is -0.141. The predicted molar refractivity (Wildman–Crippen MR) is 59.3 cm³/mol. The lowest BCUT2D eigenvalue weighted by Crippen LogP contribution is -2.43. The van der Waals surface area contributed by atoms with E-state index in [0.717, 1.165) is 25.7 Å². The van der Waals surface area contributed by atoms with Crippen LogP contribution in [0.1, 0.15) is 32.1 Å². The summed E-state index contributed by atoms with van der Waals surface area (Å²) in [6, 6.07) is -0.262. The number of carbonyl (C=O) groups excluding carboxylic acids is 2. The molecule has 2 amide bonds. The molecule has 1 saturated carbocycles. The number of imide groups is 1. The van der Waals surface area contributed by atoms with E-state index in [4.69, 9.17) is 6.42 Å². The molecule has 1 atom stereocenters. The monoisotopic (exact) mass is 220 g/mol. The van der Waals surface area contributed by atoms with Crippen LogP contribution in [0.2, 0.25) is 0 Å². The molecule has 1 N–H and O–H groups in total. The molecule has 0 bridgehead atoms. The van der Waals surface area contributed by atoms with Gasteiger partial charge in [-0.25, -0.2) is 0 Å². The standard InChI is InChI=1S/C12H16N2O2/c1-2-7-13-10-8-11(15)14(12(10)16)9-5-3-4-6-9/h1,9-10,13H,3-8H2. The molecule has 1 heterocycles. The van der Waals surface area contributed by atoms with E-state index in [1.807, 2.05) is 0 Å². The first kappa shape index (κ1) is 11.2. The van der Waals surface area contributed by atoms with Gasteiger partial charge in [0.1, 0.15) is 0 Å². The zero-order valence-electron chi connectivity index (χ0n) is 9.24. The molecule has 1 saturated heterocycles. The zero-order valence-corrected chi connectivity index (χ0v) is 9.24. The molecule has 1 aliphatic heterocycles. The van der Waals surface area contributed by atoms with Gasteiger partial charge in [0.2, 0.25) is 11.8 Å². The van der Waals surface area contributed by atoms with Crippen LogP contribution in [0.5, 0.6) is 0 Å². The first-order valence-corrected chi connectivity index (χ1v) is 5.77. The Bertz CT molecular complexity index is 339. The van der Waals surface area contributed by atoms with Gasteiger partial charge in [0.05, 0.1) is 19.0 Å². The van der Waals surface area contributed by atoms with Crippen molar-refractivity contribution in [2.45, 2.75) is 44.2 Å². The third-order valence-electron chi connectivity index (χ3n) is 3.32. The highest BCUT2D eigenvalue weighted by atomic mass is 16.2. The SMILES string of the molecule is C#CCNC1CC(=O)N(C2CCCC2)C1=O. The Morgan fingerprint density at radius 2 is 2.06 bits per heavy atom. The van der Waals surface area contributed by atoms with E-state index < -0.39 is 6.04 Å². The lowest BCUT2D eigenvalue weighted by Gasteiger charge is -2.22. The molecule has 2 aliphatic rings. The van der Waals surface area contributed by atoms with E-state index >= 15 is 0 Å². The van der Waals surface area contributed by atoms with E-state index in [1.165, 1.54) is 4.90 Å². The van der Waals surface area contributed by atoms with Gasteiger partial charge in [-0.1, -0.05) is 18.8 Å². The molecule has 0 spiro atoms. The third kappa shape index (κ3) is 1.96. The highest BCUT2D eigenvalue weighted by Gasteiger charge is 2.42. The summed E-state index contributed by atoms with van der Waals surface area (Å²) in [4.78, 5) is 25.2. The number of likely N-dealkylation sites (tertiary alicyclic amines) is 1. The molecule has 1 unspecified atom stereocenters. The Kier molecular flexibility index (Phi) is 3.25. The summed E-state index contributed by atoms with van der Waals surface area (Å²) in [5, 5.41) is 2.92. The number of carbonyl (C=O) groups is 2. The van der Waals surface area contributed by atoms with Crippen molar-refractivity contribution in [3.63, 3.8) is 0 Å². The van der Waals surface area contributed by atoms with Gasteiger partial charge < -0.3 is 0 Å². The van der Waals surface area contributed by atoms with Crippen molar-refractivity contribution in [2.24, 2.45) is 0 Å². The molecule has 0 aromatic rings. The predicted octanol–water partition coefficient (Wildman–Crippen LogP) is 0.279. The molecule has 4 nitrogen and oxygen atoms in total. The van der Waals surface area contributed by atoms with Crippen LogP contribution in [-0.2, 0) is 9.59 Å². The molecule has 0 aromatic heterocycles. The smallest absolute Gasteiger partial charge is 0.247 e. The largest absolute Gasteiger partial charge is 0.295 e. The Morgan fingerprint density at radius 3 is 2.69 bits per heavy atom. The summed E-state index contributed by atoms with van der Waals surface area (Å²) in [5.41, 5.74) is 0. The third-order valence-corrected chi connectivity index (χ3v) is 3.32. The fourth-order valence-electron chi connectivity index (χ4n) is 2.54. The maximum Gasteiger partial charge on any atom is 0.247 e. The zero-order chi connectivity index (χ0) is 11.5. The maximum atomic E-state index is 12.0. The van der Waals surface area contributed by atoms with Crippen molar-refractivity contribution < 1.29 is 9.59 Å². The average molecular weight is 220 g/mol. The van der Waals surface area contributed by atoms with Crippen LogP contribution in [-0.4, -0.2) is 35.3 Å². The summed E-state index contributed by atoms with van der Waals surface area (Å²) < 4.78 is 0. The van der Waals surface area contributed by atoms with Gasteiger partial charge in [-0.15, -0.1) is 6.42 Å². The number of hydrogen-bond acceptors (Lipinski definition) is 3. The van der Waals surface area contributed by atoms with E-state index in [9.17, 15) is 9.59 Å². The van der Waals surface area contributed by atoms with E-state index in [1.54, 1.807) is 0 Å². The minimum absolute atomic E-state index is 0.0496. The molecule has 0 aromatic carbocycles. The van der Waals surface area contributed by atoms with Gasteiger partial charge in [-0.2, -0.15) is 0 Å². The second-order valence-corrected chi connectivity index (χ2v) is 4.38. The van der Waals surface area contributed by atoms with Crippen LogP contribution in [0.4, 0.5) is 0 Å². The lowest BCUT2D eigenvalue weighted by atomic mass is 10.2. The van der Waals surface area contributed by atoms with Crippen LogP contribution in [0.15, 0.2) is 0 Å². The first-order valence-electron chi connectivity index (χ1n) is 5.77. The van der Waals surface area contributed by atoms with Crippen molar-refractivity contribution in [3.05, 3.63) is 0 Å². The Hall–Kier alpha value is -1.34. The van der Waals surface area contributed by atoms with Crippen molar-refractivity contribution in [1.29, 1.82) is 0 Å². The van der Waals surface area contributed by atoms with Crippen LogP contribution in [0, 0.1) is 12.3 Å². The normalized spacial score (nSPS) is 26.4. The molecular weight excluding hydrogens is 204 g/mol. The quantitative estimate of drug-likeness (QED) is 0.549. The highest BCUT2D eigenvalue weighted by Crippen LogP contribution is 2.27. The molecule has 2 fully saturated rings. The van der Waals surface area contributed by atoms with Crippen molar-refractivity contribution in [3.8, 4) is 12.3 Å². The first-order chi connectivity index (χ1) is 7.74. The molecule has 2 rings (SSSR count). The summed E-state index contributed by atoms with van der Waals surface area (Å²) in [6.07, 6.45) is 9.53. The fraction of sp³-hybridized carbons (Fsp3) is 0.667. The van der Waals surface area contributed by atoms with Crippen molar-refractivity contribution >= 4 is 11.8 Å². The highest BCUT2D eigenvalue weighted by molar-refractivity contribution is 6.05. The van der Waals surface area contributed by atoms with Crippen LogP contribution in [0.3, 0.4) is 0 Å². The molecule has 16 heavy (non-hydrogen) atoms. The fourth-order valence-corrected chi connectivity index (χ4v) is 2.54. The topological polar surface area (TPSA) is 49.4 Å². The molecule has 4 heteroatoms. The van der Waals surface area contributed by atoms with Gasteiger partial charge in [-0.3, -0.25) is 19.8 Å². The molecule has 0 radical (unpaired) electrons. The van der Waals surface area contributed by atoms with Gasteiger partial charge in [0.15, 0.2) is 0 Å².